The molecule has 0 aromatic rings. The van der Waals surface area contributed by atoms with Crippen molar-refractivity contribution in [2.75, 3.05) is 6.61 Å². The Morgan fingerprint density at radius 3 is 2.25 bits per heavy atom. The Morgan fingerprint density at radius 2 is 1.75 bits per heavy atom. The highest BCUT2D eigenvalue weighted by molar-refractivity contribution is 4.90. The van der Waals surface area contributed by atoms with Gasteiger partial charge in [-0.1, -0.05) is 0 Å². The molecule has 0 bridgehead atoms. The molecular weight excluding hydrogens is 166 g/mol. The molecule has 0 unspecified atom stereocenters. The first kappa shape index (κ1) is 9.85. The third-order valence-electron chi connectivity index (χ3n) is 1.95. The zero-order chi connectivity index (χ0) is 9.30. The summed E-state index contributed by atoms with van der Waals surface area (Å²) in [7, 11) is 0. The van der Waals surface area contributed by atoms with Gasteiger partial charge in [0, 0.05) is 0 Å². The molecule has 6 heteroatoms. The van der Waals surface area contributed by atoms with Crippen molar-refractivity contribution >= 4 is 0 Å². The van der Waals surface area contributed by atoms with Crippen LogP contribution < -0.4 is 5.73 Å². The second-order valence-corrected chi connectivity index (χ2v) is 2.81. The van der Waals surface area contributed by atoms with E-state index in [2.05, 4.69) is 0 Å². The number of aliphatic hydroxyl groups excluding tert-OH is 4. The average molecular weight is 179 g/mol. The Morgan fingerprint density at radius 1 is 1.17 bits per heavy atom. The molecular formula is C6H13NO5. The van der Waals surface area contributed by atoms with Gasteiger partial charge in [-0.3, -0.25) is 0 Å². The third kappa shape index (κ3) is 1.58. The molecule has 1 heterocycles. The fourth-order valence-corrected chi connectivity index (χ4v) is 1.12. The van der Waals surface area contributed by atoms with Gasteiger partial charge in [0.25, 0.3) is 0 Å². The lowest BCUT2D eigenvalue weighted by Gasteiger charge is -2.38. The highest BCUT2D eigenvalue weighted by Crippen LogP contribution is 2.17. The van der Waals surface area contributed by atoms with Crippen LogP contribution in [-0.4, -0.2) is 57.7 Å². The number of hydrogen-bond acceptors (Lipinski definition) is 6. The first-order valence-electron chi connectivity index (χ1n) is 3.64. The van der Waals surface area contributed by atoms with E-state index in [1.807, 2.05) is 0 Å². The molecule has 5 atom stereocenters. The van der Waals surface area contributed by atoms with Gasteiger partial charge in [-0.2, -0.15) is 0 Å². The number of nitrogens with two attached hydrogens (primary N) is 1. The Hall–Kier alpha value is -0.240. The maximum Gasteiger partial charge on any atom is 0.173 e. The largest absolute Gasteiger partial charge is 0.394 e. The van der Waals surface area contributed by atoms with Gasteiger partial charge in [-0.15, -0.1) is 0 Å². The van der Waals surface area contributed by atoms with Crippen LogP contribution in [-0.2, 0) is 4.74 Å². The molecule has 1 saturated heterocycles. The smallest absolute Gasteiger partial charge is 0.173 e. The topological polar surface area (TPSA) is 116 Å². The first-order valence-corrected chi connectivity index (χ1v) is 3.64. The van der Waals surface area contributed by atoms with Crippen molar-refractivity contribution in [1.82, 2.24) is 0 Å². The van der Waals surface area contributed by atoms with Crippen LogP contribution in [0, 0.1) is 0 Å². The van der Waals surface area contributed by atoms with Crippen molar-refractivity contribution in [3.05, 3.63) is 0 Å². The van der Waals surface area contributed by atoms with Gasteiger partial charge in [0.2, 0.25) is 0 Å². The van der Waals surface area contributed by atoms with Gasteiger partial charge in [0.05, 0.1) is 12.6 Å². The minimum Gasteiger partial charge on any atom is -0.394 e. The summed E-state index contributed by atoms with van der Waals surface area (Å²) in [5.74, 6) is 0. The van der Waals surface area contributed by atoms with Crippen LogP contribution in [0.15, 0.2) is 0 Å². The van der Waals surface area contributed by atoms with Gasteiger partial charge < -0.3 is 30.9 Å². The molecule has 6 nitrogen and oxygen atoms in total. The maximum atomic E-state index is 9.20. The van der Waals surface area contributed by atoms with E-state index in [4.69, 9.17) is 20.7 Å². The maximum absolute atomic E-state index is 9.20. The Kier molecular flexibility index (Phi) is 2.99. The van der Waals surface area contributed by atoms with E-state index in [1.54, 1.807) is 0 Å². The van der Waals surface area contributed by atoms with E-state index < -0.39 is 37.3 Å². The molecule has 0 spiro atoms. The zero-order valence-electron chi connectivity index (χ0n) is 6.37. The van der Waals surface area contributed by atoms with E-state index >= 15 is 0 Å². The number of aliphatic hydroxyl groups is 4. The van der Waals surface area contributed by atoms with E-state index in [9.17, 15) is 10.2 Å². The highest BCUT2D eigenvalue weighted by Gasteiger charge is 2.41. The molecule has 1 aliphatic rings. The second-order valence-electron chi connectivity index (χ2n) is 2.81. The van der Waals surface area contributed by atoms with Gasteiger partial charge >= 0.3 is 0 Å². The summed E-state index contributed by atoms with van der Waals surface area (Å²) in [5, 5.41) is 36.1. The molecule has 0 aliphatic carbocycles. The van der Waals surface area contributed by atoms with Crippen LogP contribution in [0.2, 0.25) is 0 Å². The first-order chi connectivity index (χ1) is 5.57. The van der Waals surface area contributed by atoms with Crippen LogP contribution in [0.4, 0.5) is 0 Å². The molecule has 1 rings (SSSR count). The predicted molar refractivity (Wildman–Crippen MR) is 38.0 cm³/mol. The quantitative estimate of drug-likeness (QED) is 0.288. The molecule has 0 aromatic carbocycles. The monoisotopic (exact) mass is 179 g/mol. The lowest BCUT2D eigenvalue weighted by Crippen LogP contribution is -2.61. The van der Waals surface area contributed by atoms with E-state index in [-0.39, 0.29) is 0 Å². The minimum absolute atomic E-state index is 0.470. The summed E-state index contributed by atoms with van der Waals surface area (Å²) in [4.78, 5) is 0. The van der Waals surface area contributed by atoms with Gasteiger partial charge in [0.1, 0.15) is 18.3 Å². The predicted octanol–water partition coefficient (Wildman–Crippen LogP) is -3.26. The second kappa shape index (κ2) is 3.65. The van der Waals surface area contributed by atoms with E-state index in [1.165, 1.54) is 0 Å². The molecule has 1 fully saturated rings. The number of rotatable bonds is 1. The fraction of sp³-hybridized carbons (Fsp3) is 1.00. The van der Waals surface area contributed by atoms with E-state index in [0.29, 0.717) is 0 Å². The van der Waals surface area contributed by atoms with Crippen molar-refractivity contribution in [3.8, 4) is 0 Å². The number of ether oxygens (including phenoxy) is 1. The van der Waals surface area contributed by atoms with Crippen molar-refractivity contribution < 1.29 is 25.2 Å². The minimum atomic E-state index is -1.35. The lowest BCUT2D eigenvalue weighted by atomic mass is 9.98. The summed E-state index contributed by atoms with van der Waals surface area (Å²) in [6, 6.07) is -1.04. The Balaban J connectivity index is 2.63. The molecule has 0 amide bonds. The van der Waals surface area contributed by atoms with Crippen molar-refractivity contribution in [2.24, 2.45) is 5.73 Å². The van der Waals surface area contributed by atoms with E-state index in [0.717, 1.165) is 0 Å². The van der Waals surface area contributed by atoms with Crippen LogP contribution >= 0.6 is 0 Å². The zero-order valence-corrected chi connectivity index (χ0v) is 6.37. The van der Waals surface area contributed by atoms with Crippen molar-refractivity contribution in [2.45, 2.75) is 30.6 Å². The molecule has 0 aromatic heterocycles. The van der Waals surface area contributed by atoms with Crippen LogP contribution in [0.1, 0.15) is 0 Å². The highest BCUT2D eigenvalue weighted by atomic mass is 16.6. The average Bonchev–Trinajstić information content (AvgIpc) is 2.08. The van der Waals surface area contributed by atoms with Gasteiger partial charge in [0.15, 0.2) is 6.29 Å². The van der Waals surface area contributed by atoms with Gasteiger partial charge in [-0.05, 0) is 0 Å². The molecule has 0 saturated carbocycles. The Bertz CT molecular complexity index is 150. The van der Waals surface area contributed by atoms with Crippen LogP contribution in [0.25, 0.3) is 0 Å². The van der Waals surface area contributed by atoms with Crippen LogP contribution in [0.5, 0.6) is 0 Å². The number of hydrogen-bond donors (Lipinski definition) is 5. The van der Waals surface area contributed by atoms with Crippen molar-refractivity contribution in [1.29, 1.82) is 0 Å². The van der Waals surface area contributed by atoms with Gasteiger partial charge in [-0.25, -0.2) is 0 Å². The SMILES string of the molecule is N[C@H]1[C@@H](O)[C@@H](O)[C@@H](CO)O[C@H]1O. The normalized spacial score (nSPS) is 49.2. The van der Waals surface area contributed by atoms with Crippen molar-refractivity contribution in [3.63, 3.8) is 0 Å². The Labute approximate surface area is 69.2 Å². The summed E-state index contributed by atoms with van der Waals surface area (Å²) >= 11 is 0. The molecule has 12 heavy (non-hydrogen) atoms. The summed E-state index contributed by atoms with van der Waals surface area (Å²) in [6.07, 6.45) is -4.85. The molecule has 0 radical (unpaired) electrons. The van der Waals surface area contributed by atoms with Crippen LogP contribution in [0.3, 0.4) is 0 Å². The summed E-state index contributed by atoms with van der Waals surface area (Å²) in [6.45, 7) is -0.470. The summed E-state index contributed by atoms with van der Waals surface area (Å²) in [5.41, 5.74) is 5.26. The molecule has 72 valence electrons. The third-order valence-corrected chi connectivity index (χ3v) is 1.95. The summed E-state index contributed by atoms with van der Waals surface area (Å²) < 4.78 is 4.70. The molecule has 1 aliphatic heterocycles. The standard InChI is InChI=1S/C6H13NO5/c7-3-5(10)4(9)2(1-8)12-6(3)11/h2-6,8-11H,1,7H2/t2-,3+,4+,5-,6-/m1/s1. The molecule has 6 N–H and O–H groups in total. The fourth-order valence-electron chi connectivity index (χ4n) is 1.12. The lowest BCUT2D eigenvalue weighted by molar-refractivity contribution is -0.248.